The Balaban J connectivity index is 1.51. The number of nitrogens with zero attached hydrogens (tertiary/aromatic N) is 1. The molecule has 2 heterocycles. The Morgan fingerprint density at radius 1 is 1.22 bits per heavy atom. The number of anilines is 1. The van der Waals surface area contributed by atoms with E-state index in [1.807, 2.05) is 56.3 Å². The van der Waals surface area contributed by atoms with Gasteiger partial charge in [0.2, 0.25) is 0 Å². The first-order valence-corrected chi connectivity index (χ1v) is 9.81. The summed E-state index contributed by atoms with van der Waals surface area (Å²) in [5, 5.41) is 7.00. The Bertz CT molecular complexity index is 977. The molecule has 0 atom stereocenters. The van der Waals surface area contributed by atoms with Gasteiger partial charge in [-0.1, -0.05) is 17.3 Å². The first-order valence-electron chi connectivity index (χ1n) is 8.82. The van der Waals surface area contributed by atoms with Crippen molar-refractivity contribution in [1.82, 2.24) is 5.16 Å². The molecule has 4 rings (SSSR count). The van der Waals surface area contributed by atoms with E-state index < -0.39 is 0 Å². The molecule has 138 valence electrons. The Labute approximate surface area is 162 Å². The lowest BCUT2D eigenvalue weighted by atomic mass is 10.1. The van der Waals surface area contributed by atoms with Crippen molar-refractivity contribution in [3.63, 3.8) is 0 Å². The van der Waals surface area contributed by atoms with Crippen LogP contribution in [0.3, 0.4) is 0 Å². The average molecular weight is 380 g/mol. The number of carbonyl (C=O) groups is 1. The van der Waals surface area contributed by atoms with E-state index in [9.17, 15) is 4.79 Å². The molecule has 0 unspecified atom stereocenters. The highest BCUT2D eigenvalue weighted by Gasteiger charge is 2.16. The largest absolute Gasteiger partial charge is 0.493 e. The van der Waals surface area contributed by atoms with Gasteiger partial charge in [0.25, 0.3) is 5.91 Å². The smallest absolute Gasteiger partial charge is 0.256 e. The summed E-state index contributed by atoms with van der Waals surface area (Å²) in [7, 11) is 0. The van der Waals surface area contributed by atoms with Crippen LogP contribution in [0.25, 0.3) is 0 Å². The minimum Gasteiger partial charge on any atom is -0.493 e. The minimum absolute atomic E-state index is 0.115. The van der Waals surface area contributed by atoms with Crippen molar-refractivity contribution in [2.75, 3.05) is 11.9 Å². The first-order chi connectivity index (χ1) is 13.1. The topological polar surface area (TPSA) is 64.4 Å². The Kier molecular flexibility index (Phi) is 4.90. The molecule has 1 amide bonds. The molecule has 6 heteroatoms. The van der Waals surface area contributed by atoms with Gasteiger partial charge in [0.1, 0.15) is 11.5 Å². The highest BCUT2D eigenvalue weighted by atomic mass is 32.2. The summed E-state index contributed by atoms with van der Waals surface area (Å²) in [6, 6.07) is 13.4. The molecule has 0 bridgehead atoms. The van der Waals surface area contributed by atoms with Crippen LogP contribution in [-0.2, 0) is 12.2 Å². The lowest BCUT2D eigenvalue weighted by molar-refractivity contribution is 0.102. The fourth-order valence-electron chi connectivity index (χ4n) is 3.10. The van der Waals surface area contributed by atoms with Gasteiger partial charge < -0.3 is 14.6 Å². The second kappa shape index (κ2) is 7.48. The average Bonchev–Trinajstić information content (AvgIpc) is 3.26. The van der Waals surface area contributed by atoms with Crippen LogP contribution in [0.5, 0.6) is 5.75 Å². The molecule has 27 heavy (non-hydrogen) atoms. The zero-order valence-corrected chi connectivity index (χ0v) is 16.1. The fraction of sp³-hybridized carbons (Fsp3) is 0.238. The van der Waals surface area contributed by atoms with Gasteiger partial charge in [-0.05, 0) is 49.7 Å². The molecule has 0 aliphatic carbocycles. The predicted molar refractivity (Wildman–Crippen MR) is 106 cm³/mol. The molecule has 5 nitrogen and oxygen atoms in total. The molecule has 1 aromatic heterocycles. The van der Waals surface area contributed by atoms with Gasteiger partial charge in [-0.2, -0.15) is 0 Å². The van der Waals surface area contributed by atoms with Crippen molar-refractivity contribution < 1.29 is 14.1 Å². The number of carbonyl (C=O) groups excluding carboxylic acids is 1. The second-order valence-corrected chi connectivity index (χ2v) is 7.48. The molecular weight excluding hydrogens is 360 g/mol. The van der Waals surface area contributed by atoms with Gasteiger partial charge in [-0.15, -0.1) is 11.8 Å². The minimum atomic E-state index is -0.115. The van der Waals surface area contributed by atoms with E-state index in [0.717, 1.165) is 45.3 Å². The number of benzene rings is 2. The van der Waals surface area contributed by atoms with Crippen LogP contribution in [0.2, 0.25) is 0 Å². The van der Waals surface area contributed by atoms with E-state index in [-0.39, 0.29) is 5.91 Å². The zero-order valence-electron chi connectivity index (χ0n) is 15.2. The van der Waals surface area contributed by atoms with E-state index in [1.54, 1.807) is 11.8 Å². The second-order valence-electron chi connectivity index (χ2n) is 6.46. The van der Waals surface area contributed by atoms with Gasteiger partial charge in [0.05, 0.1) is 17.9 Å². The number of ether oxygens (including phenoxy) is 1. The van der Waals surface area contributed by atoms with E-state index in [2.05, 4.69) is 10.5 Å². The van der Waals surface area contributed by atoms with E-state index in [1.165, 1.54) is 0 Å². The molecule has 1 aliphatic rings. The maximum Gasteiger partial charge on any atom is 0.256 e. The van der Waals surface area contributed by atoms with Crippen LogP contribution in [0.15, 0.2) is 51.9 Å². The van der Waals surface area contributed by atoms with Crippen molar-refractivity contribution in [3.8, 4) is 5.75 Å². The first kappa shape index (κ1) is 17.7. The number of amides is 1. The van der Waals surface area contributed by atoms with E-state index >= 15 is 0 Å². The quantitative estimate of drug-likeness (QED) is 0.646. The Morgan fingerprint density at radius 3 is 2.89 bits per heavy atom. The summed E-state index contributed by atoms with van der Waals surface area (Å²) in [6.45, 7) is 4.54. The van der Waals surface area contributed by atoms with Crippen molar-refractivity contribution in [3.05, 3.63) is 70.6 Å². The van der Waals surface area contributed by atoms with Gasteiger partial charge in [0.15, 0.2) is 0 Å². The van der Waals surface area contributed by atoms with Crippen LogP contribution in [0.4, 0.5) is 5.69 Å². The van der Waals surface area contributed by atoms with Crippen LogP contribution < -0.4 is 10.1 Å². The summed E-state index contributed by atoms with van der Waals surface area (Å²) < 4.78 is 10.7. The third-order valence-corrected chi connectivity index (χ3v) is 5.73. The summed E-state index contributed by atoms with van der Waals surface area (Å²) >= 11 is 1.61. The molecule has 0 fully saturated rings. The number of fused-ring (bicyclic) bond motifs is 1. The van der Waals surface area contributed by atoms with Gasteiger partial charge >= 0.3 is 0 Å². The number of thioether (sulfide) groups is 1. The third-order valence-electron chi connectivity index (χ3n) is 4.63. The van der Waals surface area contributed by atoms with E-state index in [4.69, 9.17) is 9.26 Å². The Hall–Kier alpha value is -2.73. The van der Waals surface area contributed by atoms with Crippen molar-refractivity contribution in [2.45, 2.75) is 30.9 Å². The molecule has 2 aromatic carbocycles. The number of aryl methyl sites for hydroxylation is 2. The van der Waals surface area contributed by atoms with Crippen molar-refractivity contribution >= 4 is 23.4 Å². The molecule has 0 radical (unpaired) electrons. The lowest BCUT2D eigenvalue weighted by Crippen LogP contribution is -2.13. The van der Waals surface area contributed by atoms with E-state index in [0.29, 0.717) is 17.9 Å². The Morgan fingerprint density at radius 2 is 2.07 bits per heavy atom. The predicted octanol–water partition coefficient (Wildman–Crippen LogP) is 4.77. The maximum atomic E-state index is 12.8. The van der Waals surface area contributed by atoms with Crippen molar-refractivity contribution in [1.29, 1.82) is 0 Å². The van der Waals surface area contributed by atoms with Gasteiger partial charge in [0, 0.05) is 28.3 Å². The third kappa shape index (κ3) is 3.71. The molecule has 3 aromatic rings. The number of rotatable bonds is 5. The zero-order chi connectivity index (χ0) is 18.8. The van der Waals surface area contributed by atoms with Gasteiger partial charge in [-0.25, -0.2) is 0 Å². The molecular formula is C21H20N2O3S. The summed E-state index contributed by atoms with van der Waals surface area (Å²) in [5.41, 5.74) is 4.55. The van der Waals surface area contributed by atoms with Crippen LogP contribution in [0, 0.1) is 13.8 Å². The normalized spacial score (nSPS) is 12.5. The summed E-state index contributed by atoms with van der Waals surface area (Å²) in [6.07, 6.45) is 0.878. The summed E-state index contributed by atoms with van der Waals surface area (Å²) in [4.78, 5) is 13.8. The molecule has 0 spiro atoms. The maximum absolute atomic E-state index is 12.8. The van der Waals surface area contributed by atoms with Crippen LogP contribution >= 0.6 is 11.8 Å². The molecule has 1 N–H and O–H groups in total. The summed E-state index contributed by atoms with van der Waals surface area (Å²) in [5.74, 6) is 2.32. The van der Waals surface area contributed by atoms with Crippen LogP contribution in [0.1, 0.15) is 32.9 Å². The highest BCUT2D eigenvalue weighted by molar-refractivity contribution is 7.98. The molecule has 1 aliphatic heterocycles. The monoisotopic (exact) mass is 380 g/mol. The fourth-order valence-corrected chi connectivity index (χ4v) is 4.30. The number of hydrogen-bond acceptors (Lipinski definition) is 5. The standard InChI is InChI=1S/C21H20N2O3S/c1-13-18(14(2)26-23-13)12-27-20-6-4-3-5-17(20)21(24)22-16-7-8-19-15(11-16)9-10-25-19/h3-8,11H,9-10,12H2,1-2H3,(H,22,24). The van der Waals surface area contributed by atoms with Crippen molar-refractivity contribution in [2.24, 2.45) is 0 Å². The molecule has 0 saturated heterocycles. The highest BCUT2D eigenvalue weighted by Crippen LogP contribution is 2.31. The number of hydrogen-bond donors (Lipinski definition) is 1. The number of aromatic nitrogens is 1. The molecule has 0 saturated carbocycles. The number of nitrogens with one attached hydrogen (secondary N) is 1. The van der Waals surface area contributed by atoms with Crippen LogP contribution in [-0.4, -0.2) is 17.7 Å². The lowest BCUT2D eigenvalue weighted by Gasteiger charge is -2.11. The van der Waals surface area contributed by atoms with Gasteiger partial charge in [-0.3, -0.25) is 4.79 Å². The SMILES string of the molecule is Cc1noc(C)c1CSc1ccccc1C(=O)Nc1ccc2c(c1)CCO2.